The number of ether oxygens (including phenoxy) is 1. The summed E-state index contributed by atoms with van der Waals surface area (Å²) in [6.45, 7) is 16.9. The summed E-state index contributed by atoms with van der Waals surface area (Å²) in [5.74, 6) is -0.447. The molecule has 168 valence electrons. The van der Waals surface area contributed by atoms with Crippen LogP contribution in [0.4, 0.5) is 0 Å². The normalized spacial score (nSPS) is 8.79. The van der Waals surface area contributed by atoms with E-state index in [4.69, 9.17) is 0 Å². The fraction of sp³-hybridized carbons (Fsp3) is 0.900. The Morgan fingerprint density at radius 3 is 1.14 bits per heavy atom. The van der Waals surface area contributed by atoms with Crippen molar-refractivity contribution in [1.29, 1.82) is 0 Å². The predicted octanol–water partition coefficient (Wildman–Crippen LogP) is 0.327. The van der Waals surface area contributed by atoms with E-state index >= 15 is 0 Å². The summed E-state index contributed by atoms with van der Waals surface area (Å²) in [6, 6.07) is 0. The smallest absolute Gasteiger partial charge is 0.852 e. The largest absolute Gasteiger partial charge is 4.00 e. The third-order valence-corrected chi connectivity index (χ3v) is 1.18. The number of hydrogen-bond acceptors (Lipinski definition) is 7. The molecule has 0 aromatic carbocycles. The Morgan fingerprint density at radius 2 is 0.964 bits per heavy atom. The SMILES string of the molecule is CC(C)[O-].CC(C)[O-].CC(C)[O-].CC(C)[O-].CCCC(=O)CC(=O)OCC.[Ti+4]. The van der Waals surface area contributed by atoms with Crippen LogP contribution in [0.1, 0.15) is 88.5 Å². The second-order valence-corrected chi connectivity index (χ2v) is 6.47. The first-order valence-electron chi connectivity index (χ1n) is 9.44. The van der Waals surface area contributed by atoms with Crippen molar-refractivity contribution in [2.45, 2.75) is 113 Å². The molecule has 0 saturated carbocycles. The van der Waals surface area contributed by atoms with E-state index < -0.39 is 30.4 Å². The van der Waals surface area contributed by atoms with Gasteiger partial charge in [0.05, 0.1) is 6.61 Å². The van der Waals surface area contributed by atoms with Crippen molar-refractivity contribution in [2.75, 3.05) is 6.61 Å². The van der Waals surface area contributed by atoms with Gasteiger partial charge in [0.2, 0.25) is 0 Å². The van der Waals surface area contributed by atoms with Crippen LogP contribution in [0.5, 0.6) is 0 Å². The average molecular weight is 442 g/mol. The third-order valence-electron chi connectivity index (χ3n) is 1.18. The molecule has 8 heteroatoms. The zero-order valence-electron chi connectivity index (χ0n) is 19.5. The quantitative estimate of drug-likeness (QED) is 0.340. The molecule has 0 heterocycles. The van der Waals surface area contributed by atoms with Gasteiger partial charge in [-0.2, -0.15) is 0 Å². The molecular formula is C20H42O7Ti. The van der Waals surface area contributed by atoms with E-state index in [1.807, 2.05) is 6.92 Å². The van der Waals surface area contributed by atoms with Crippen molar-refractivity contribution in [3.05, 3.63) is 0 Å². The van der Waals surface area contributed by atoms with E-state index in [0.717, 1.165) is 6.42 Å². The molecule has 0 aliphatic heterocycles. The van der Waals surface area contributed by atoms with Crippen molar-refractivity contribution in [1.82, 2.24) is 0 Å². The molecule has 0 aromatic heterocycles. The van der Waals surface area contributed by atoms with Crippen LogP contribution in [0.2, 0.25) is 0 Å². The summed E-state index contributed by atoms with van der Waals surface area (Å²) >= 11 is 0. The molecule has 0 amide bonds. The molecule has 0 unspecified atom stereocenters. The monoisotopic (exact) mass is 442 g/mol. The topological polar surface area (TPSA) is 136 Å². The summed E-state index contributed by atoms with van der Waals surface area (Å²) in [7, 11) is 0. The van der Waals surface area contributed by atoms with E-state index in [2.05, 4.69) is 4.74 Å². The van der Waals surface area contributed by atoms with Crippen LogP contribution in [-0.4, -0.2) is 42.8 Å². The standard InChI is InChI=1S/C8H14O3.4C3H7O.Ti/c1-3-5-7(9)6-8(10)11-4-2;4*1-3(2)4;/h3-6H2,1-2H3;4*3H,1-2H3;/q;4*-1;+4. The number of ketones is 1. The predicted molar refractivity (Wildman–Crippen MR) is 102 cm³/mol. The maximum Gasteiger partial charge on any atom is 4.00 e. The van der Waals surface area contributed by atoms with Crippen LogP contribution in [0, 0.1) is 0 Å². The van der Waals surface area contributed by atoms with Crippen molar-refractivity contribution in [2.24, 2.45) is 0 Å². The summed E-state index contributed by atoms with van der Waals surface area (Å²) in [6.07, 6.45) is -0.473. The summed E-state index contributed by atoms with van der Waals surface area (Å²) in [5.41, 5.74) is 0. The van der Waals surface area contributed by atoms with Crippen LogP contribution in [-0.2, 0) is 36.0 Å². The molecule has 7 nitrogen and oxygen atoms in total. The maximum absolute atomic E-state index is 10.8. The first-order chi connectivity index (χ1) is 12.1. The molecule has 0 fully saturated rings. The minimum Gasteiger partial charge on any atom is -0.852 e. The molecule has 0 radical (unpaired) electrons. The Kier molecular flexibility index (Phi) is 51.2. The molecule has 0 aliphatic carbocycles. The Bertz CT molecular complexity index is 243. The van der Waals surface area contributed by atoms with Gasteiger partial charge < -0.3 is 25.2 Å². The minimum atomic E-state index is -0.417. The molecular weight excluding hydrogens is 400 g/mol. The number of carbonyl (C=O) groups excluding carboxylic acids is 2. The van der Waals surface area contributed by atoms with Gasteiger partial charge in [0.1, 0.15) is 12.2 Å². The fourth-order valence-corrected chi connectivity index (χ4v) is 0.740. The van der Waals surface area contributed by atoms with Gasteiger partial charge in [-0.05, 0) is 13.3 Å². The van der Waals surface area contributed by atoms with Gasteiger partial charge in [0.25, 0.3) is 0 Å². The summed E-state index contributed by atoms with van der Waals surface area (Å²) < 4.78 is 4.60. The Morgan fingerprint density at radius 1 is 0.714 bits per heavy atom. The molecule has 0 aromatic rings. The Hall–Kier alpha value is -0.306. The van der Waals surface area contributed by atoms with Crippen LogP contribution in [0.15, 0.2) is 0 Å². The number of rotatable bonds is 5. The third kappa shape index (κ3) is 167. The molecule has 0 rings (SSSR count). The van der Waals surface area contributed by atoms with Gasteiger partial charge in [0.15, 0.2) is 0 Å². The van der Waals surface area contributed by atoms with Crippen LogP contribution in [0.3, 0.4) is 0 Å². The molecule has 0 spiro atoms. The van der Waals surface area contributed by atoms with E-state index in [0.29, 0.717) is 13.0 Å². The van der Waals surface area contributed by atoms with Gasteiger partial charge in [-0.25, -0.2) is 0 Å². The molecule has 0 aliphatic rings. The number of hydrogen-bond donors (Lipinski definition) is 0. The Balaban J connectivity index is -0.0000000599. The zero-order chi connectivity index (χ0) is 23.0. The second-order valence-electron chi connectivity index (χ2n) is 6.47. The number of carbonyl (C=O) groups is 2. The van der Waals surface area contributed by atoms with Gasteiger partial charge in [0, 0.05) is 6.42 Å². The van der Waals surface area contributed by atoms with E-state index in [9.17, 15) is 30.0 Å². The van der Waals surface area contributed by atoms with Gasteiger partial charge in [-0.3, -0.25) is 9.59 Å². The molecule has 28 heavy (non-hydrogen) atoms. The molecule has 0 saturated heterocycles. The van der Waals surface area contributed by atoms with Gasteiger partial charge >= 0.3 is 27.7 Å². The summed E-state index contributed by atoms with van der Waals surface area (Å²) in [5, 5.41) is 38.1. The maximum atomic E-state index is 10.8. The van der Waals surface area contributed by atoms with Crippen LogP contribution < -0.4 is 20.4 Å². The van der Waals surface area contributed by atoms with Crippen molar-refractivity contribution < 1.29 is 56.5 Å². The Labute approximate surface area is 187 Å². The molecule has 0 atom stereocenters. The van der Waals surface area contributed by atoms with Gasteiger partial charge in [-0.15, -0.1) is 24.4 Å². The second kappa shape index (κ2) is 34.2. The van der Waals surface area contributed by atoms with E-state index in [1.165, 1.54) is 0 Å². The first-order valence-corrected chi connectivity index (χ1v) is 9.44. The van der Waals surface area contributed by atoms with E-state index in [-0.39, 0.29) is 33.9 Å². The zero-order valence-corrected chi connectivity index (χ0v) is 21.1. The van der Waals surface area contributed by atoms with Gasteiger partial charge in [-0.1, -0.05) is 62.3 Å². The first kappa shape index (κ1) is 41.9. The minimum absolute atomic E-state index is 0. The fourth-order valence-electron chi connectivity index (χ4n) is 0.740. The number of esters is 1. The average Bonchev–Trinajstić information content (AvgIpc) is 2.35. The van der Waals surface area contributed by atoms with Crippen molar-refractivity contribution in [3.8, 4) is 0 Å². The van der Waals surface area contributed by atoms with E-state index in [1.54, 1.807) is 62.3 Å². The summed E-state index contributed by atoms with van der Waals surface area (Å²) in [4.78, 5) is 21.5. The molecule has 0 N–H and O–H groups in total. The van der Waals surface area contributed by atoms with Crippen molar-refractivity contribution >= 4 is 11.8 Å². The number of Topliss-reactive ketones (excluding diaryl/α,β-unsaturated/α-hetero) is 1. The van der Waals surface area contributed by atoms with Crippen LogP contribution in [0.25, 0.3) is 0 Å². The van der Waals surface area contributed by atoms with Crippen LogP contribution >= 0.6 is 0 Å². The van der Waals surface area contributed by atoms with Crippen molar-refractivity contribution in [3.63, 3.8) is 0 Å². The molecule has 0 bridgehead atoms.